The molecule has 0 radical (unpaired) electrons. The van der Waals surface area contributed by atoms with Crippen LogP contribution in [0.4, 0.5) is 9.18 Å². The van der Waals surface area contributed by atoms with Crippen molar-refractivity contribution in [1.29, 1.82) is 0 Å². The fourth-order valence-electron chi connectivity index (χ4n) is 3.68. The molecule has 2 aliphatic heterocycles. The number of halogens is 1. The van der Waals surface area contributed by atoms with Gasteiger partial charge in [-0.2, -0.15) is 0 Å². The maximum atomic E-state index is 13.0. The van der Waals surface area contributed by atoms with Crippen LogP contribution in [-0.2, 0) is 6.54 Å². The van der Waals surface area contributed by atoms with Crippen LogP contribution in [-0.4, -0.2) is 50.4 Å². The van der Waals surface area contributed by atoms with Gasteiger partial charge in [-0.05, 0) is 44.0 Å². The molecule has 3 heterocycles. The van der Waals surface area contributed by atoms with Crippen LogP contribution < -0.4 is 0 Å². The van der Waals surface area contributed by atoms with Gasteiger partial charge in [0.1, 0.15) is 11.6 Å². The van der Waals surface area contributed by atoms with E-state index < -0.39 is 0 Å². The third-order valence-electron chi connectivity index (χ3n) is 5.06. The number of imidazole rings is 1. The van der Waals surface area contributed by atoms with Crippen LogP contribution in [0.3, 0.4) is 0 Å². The van der Waals surface area contributed by atoms with E-state index in [9.17, 15) is 14.0 Å². The minimum Gasteiger partial charge on any atom is -0.338 e. The van der Waals surface area contributed by atoms with Crippen LogP contribution >= 0.6 is 0 Å². The molecular formula is C18H19FN4O2. The number of likely N-dealkylation sites (tertiary alicyclic amines) is 1. The van der Waals surface area contributed by atoms with Crippen LogP contribution in [0.15, 0.2) is 30.5 Å². The molecule has 1 fully saturated rings. The minimum absolute atomic E-state index is 0.0201. The van der Waals surface area contributed by atoms with E-state index in [2.05, 4.69) is 4.98 Å². The van der Waals surface area contributed by atoms with Gasteiger partial charge in [-0.25, -0.2) is 14.2 Å². The standard InChI is InChI=1S/C18H19FN4O2/c1-12-20-10-16-11-22(18(25)23(12)16)15-6-8-21(9-7-15)17(24)13-2-4-14(19)5-3-13/h2-5,10,15H,6-9,11H2,1H3. The fourth-order valence-corrected chi connectivity index (χ4v) is 3.68. The Kier molecular flexibility index (Phi) is 3.78. The van der Waals surface area contributed by atoms with E-state index in [-0.39, 0.29) is 23.8 Å². The Morgan fingerprint density at radius 3 is 2.52 bits per heavy atom. The lowest BCUT2D eigenvalue weighted by Crippen LogP contribution is -2.47. The molecule has 130 valence electrons. The number of rotatable bonds is 2. The first-order valence-corrected chi connectivity index (χ1v) is 8.43. The largest absolute Gasteiger partial charge is 0.338 e. The molecule has 0 unspecified atom stereocenters. The first-order chi connectivity index (χ1) is 12.0. The van der Waals surface area contributed by atoms with E-state index in [1.54, 1.807) is 15.7 Å². The van der Waals surface area contributed by atoms with Crippen molar-refractivity contribution < 1.29 is 14.0 Å². The zero-order chi connectivity index (χ0) is 17.6. The summed E-state index contributed by atoms with van der Waals surface area (Å²) in [7, 11) is 0. The Bertz CT molecular complexity index is 822. The van der Waals surface area contributed by atoms with Gasteiger partial charge >= 0.3 is 6.03 Å². The number of fused-ring (bicyclic) bond motifs is 1. The molecule has 6 nitrogen and oxygen atoms in total. The monoisotopic (exact) mass is 342 g/mol. The van der Waals surface area contributed by atoms with Gasteiger partial charge in [-0.3, -0.25) is 9.36 Å². The summed E-state index contributed by atoms with van der Waals surface area (Å²) in [6.07, 6.45) is 3.24. The molecule has 4 rings (SSSR count). The predicted octanol–water partition coefficient (Wildman–Crippen LogP) is 2.42. The lowest BCUT2D eigenvalue weighted by atomic mass is 10.0. The summed E-state index contributed by atoms with van der Waals surface area (Å²) in [5.74, 6) is 0.278. The molecule has 1 aromatic carbocycles. The topological polar surface area (TPSA) is 58.4 Å². The summed E-state index contributed by atoms with van der Waals surface area (Å²) in [4.78, 5) is 32.9. The average Bonchev–Trinajstić information content (AvgIpc) is 3.15. The first-order valence-electron chi connectivity index (χ1n) is 8.43. The zero-order valence-corrected chi connectivity index (χ0v) is 14.0. The maximum Gasteiger partial charge on any atom is 0.330 e. The Morgan fingerprint density at radius 1 is 1.20 bits per heavy atom. The molecule has 7 heteroatoms. The number of hydrogen-bond acceptors (Lipinski definition) is 3. The van der Waals surface area contributed by atoms with Crippen molar-refractivity contribution in [2.75, 3.05) is 13.1 Å². The Labute approximate surface area is 144 Å². The second-order valence-electron chi connectivity index (χ2n) is 6.57. The van der Waals surface area contributed by atoms with Crippen LogP contribution in [0.1, 0.15) is 34.7 Å². The summed E-state index contributed by atoms with van der Waals surface area (Å²) in [6, 6.07) is 5.73. The summed E-state index contributed by atoms with van der Waals surface area (Å²) in [6.45, 7) is 3.60. The number of carbonyl (C=O) groups excluding carboxylic acids is 2. The van der Waals surface area contributed by atoms with Crippen LogP contribution in [0.5, 0.6) is 0 Å². The number of amides is 2. The predicted molar refractivity (Wildman–Crippen MR) is 88.6 cm³/mol. The highest BCUT2D eigenvalue weighted by molar-refractivity contribution is 5.94. The fraction of sp³-hybridized carbons (Fsp3) is 0.389. The molecule has 0 saturated carbocycles. The van der Waals surface area contributed by atoms with E-state index in [0.29, 0.717) is 31.0 Å². The molecule has 0 bridgehead atoms. The van der Waals surface area contributed by atoms with Gasteiger partial charge in [0, 0.05) is 24.7 Å². The molecule has 25 heavy (non-hydrogen) atoms. The van der Waals surface area contributed by atoms with Gasteiger partial charge < -0.3 is 9.80 Å². The van der Waals surface area contributed by atoms with Crippen molar-refractivity contribution in [3.05, 3.63) is 53.4 Å². The Morgan fingerprint density at radius 2 is 1.88 bits per heavy atom. The van der Waals surface area contributed by atoms with E-state index >= 15 is 0 Å². The van der Waals surface area contributed by atoms with Crippen LogP contribution in [0, 0.1) is 12.7 Å². The highest BCUT2D eigenvalue weighted by Gasteiger charge is 2.36. The van der Waals surface area contributed by atoms with Gasteiger partial charge in [-0.1, -0.05) is 0 Å². The van der Waals surface area contributed by atoms with Gasteiger partial charge in [0.25, 0.3) is 5.91 Å². The number of piperidine rings is 1. The van der Waals surface area contributed by atoms with Gasteiger partial charge in [0.05, 0.1) is 18.4 Å². The van der Waals surface area contributed by atoms with Crippen LogP contribution in [0.2, 0.25) is 0 Å². The van der Waals surface area contributed by atoms with Crippen molar-refractivity contribution in [2.24, 2.45) is 0 Å². The number of aromatic nitrogens is 2. The molecule has 0 N–H and O–H groups in total. The van der Waals surface area contributed by atoms with E-state index in [1.807, 2.05) is 11.8 Å². The quantitative estimate of drug-likeness (QED) is 0.842. The average molecular weight is 342 g/mol. The van der Waals surface area contributed by atoms with Crippen molar-refractivity contribution in [3.63, 3.8) is 0 Å². The number of carbonyl (C=O) groups is 2. The van der Waals surface area contributed by atoms with E-state index in [4.69, 9.17) is 0 Å². The molecule has 1 saturated heterocycles. The van der Waals surface area contributed by atoms with Crippen molar-refractivity contribution in [3.8, 4) is 0 Å². The molecule has 1 aromatic heterocycles. The number of hydrogen-bond donors (Lipinski definition) is 0. The van der Waals surface area contributed by atoms with Crippen molar-refractivity contribution >= 4 is 11.9 Å². The summed E-state index contributed by atoms with van der Waals surface area (Å²) in [5, 5.41) is 0. The van der Waals surface area contributed by atoms with Crippen molar-refractivity contribution in [2.45, 2.75) is 32.4 Å². The maximum absolute atomic E-state index is 13.0. The number of aryl methyl sites for hydroxylation is 1. The van der Waals surface area contributed by atoms with E-state index in [1.165, 1.54) is 24.3 Å². The second kappa shape index (κ2) is 5.98. The highest BCUT2D eigenvalue weighted by Crippen LogP contribution is 2.26. The van der Waals surface area contributed by atoms with Gasteiger partial charge in [0.2, 0.25) is 0 Å². The third kappa shape index (κ3) is 2.69. The smallest absolute Gasteiger partial charge is 0.330 e. The summed E-state index contributed by atoms with van der Waals surface area (Å²) < 4.78 is 14.7. The normalized spacial score (nSPS) is 17.9. The molecule has 2 amide bonds. The number of nitrogens with zero attached hydrogens (tertiary/aromatic N) is 4. The summed E-state index contributed by atoms with van der Waals surface area (Å²) >= 11 is 0. The third-order valence-corrected chi connectivity index (χ3v) is 5.06. The molecular weight excluding hydrogens is 323 g/mol. The zero-order valence-electron chi connectivity index (χ0n) is 14.0. The molecule has 0 aliphatic carbocycles. The molecule has 0 spiro atoms. The van der Waals surface area contributed by atoms with E-state index in [0.717, 1.165) is 18.5 Å². The number of benzene rings is 1. The molecule has 0 atom stereocenters. The summed E-state index contributed by atoms with van der Waals surface area (Å²) in [5.41, 5.74) is 1.42. The molecule has 2 aromatic rings. The Hall–Kier alpha value is -2.70. The van der Waals surface area contributed by atoms with Crippen LogP contribution in [0.25, 0.3) is 0 Å². The lowest BCUT2D eigenvalue weighted by molar-refractivity contribution is 0.0656. The lowest BCUT2D eigenvalue weighted by Gasteiger charge is -2.36. The molecule has 2 aliphatic rings. The second-order valence-corrected chi connectivity index (χ2v) is 6.57. The SMILES string of the molecule is Cc1ncc2n1C(=O)N(C1CCN(C(=O)c3ccc(F)cc3)CC1)C2. The first kappa shape index (κ1) is 15.8. The van der Waals surface area contributed by atoms with Gasteiger partial charge in [0.15, 0.2) is 0 Å². The van der Waals surface area contributed by atoms with Gasteiger partial charge in [-0.15, -0.1) is 0 Å². The Balaban J connectivity index is 1.40. The minimum atomic E-state index is -0.350. The van der Waals surface area contributed by atoms with Crippen molar-refractivity contribution in [1.82, 2.24) is 19.4 Å². The highest BCUT2D eigenvalue weighted by atomic mass is 19.1.